The molecule has 0 spiro atoms. The molecular formula is C21H18ClN3O3S2. The molecule has 1 aliphatic heterocycles. The van der Waals surface area contributed by atoms with Gasteiger partial charge in [-0.2, -0.15) is 12.4 Å². The smallest absolute Gasteiger partial charge is 0.313 e. The lowest BCUT2D eigenvalue weighted by molar-refractivity contribution is 0.588. The van der Waals surface area contributed by atoms with Crippen LogP contribution < -0.4 is 11.0 Å². The highest BCUT2D eigenvalue weighted by molar-refractivity contribution is 7.92. The Labute approximate surface area is 182 Å². The van der Waals surface area contributed by atoms with Crippen molar-refractivity contribution < 1.29 is 8.42 Å². The van der Waals surface area contributed by atoms with E-state index < -0.39 is 15.7 Å². The van der Waals surface area contributed by atoms with Gasteiger partial charge >= 0.3 is 5.69 Å². The lowest BCUT2D eigenvalue weighted by Gasteiger charge is -2.14. The number of aryl methyl sites for hydroxylation is 1. The number of nitrogens with zero attached hydrogens (tertiary/aromatic N) is 2. The second-order valence-electron chi connectivity index (χ2n) is 7.18. The van der Waals surface area contributed by atoms with E-state index in [0.717, 1.165) is 37.6 Å². The van der Waals surface area contributed by atoms with E-state index in [1.807, 2.05) is 12.1 Å². The maximum atomic E-state index is 13.7. The number of hydrogen-bond acceptors (Lipinski definition) is 5. The predicted octanol–water partition coefficient (Wildman–Crippen LogP) is 4.05. The van der Waals surface area contributed by atoms with Crippen molar-refractivity contribution in [1.29, 1.82) is 0 Å². The minimum atomic E-state index is -4.10. The number of thiophene rings is 1. The fourth-order valence-electron chi connectivity index (χ4n) is 3.95. The molecule has 2 aromatic carbocycles. The summed E-state index contributed by atoms with van der Waals surface area (Å²) in [5.41, 5.74) is 1.79. The van der Waals surface area contributed by atoms with Crippen molar-refractivity contribution in [2.24, 2.45) is 0 Å². The lowest BCUT2D eigenvalue weighted by Crippen LogP contribution is -2.31. The molecule has 0 bridgehead atoms. The lowest BCUT2D eigenvalue weighted by atomic mass is 10.2. The zero-order chi connectivity index (χ0) is 21.0. The SMILES string of the molecule is Cc1c(S(=O)(=O)n2c(=O)n(C3=CCNCC3)c3ccccc32)sc2ccc(Cl)cc12. The van der Waals surface area contributed by atoms with E-state index in [1.165, 1.54) is 4.57 Å². The van der Waals surface area contributed by atoms with Gasteiger partial charge in [0.25, 0.3) is 10.0 Å². The van der Waals surface area contributed by atoms with Gasteiger partial charge in [-0.25, -0.2) is 4.79 Å². The van der Waals surface area contributed by atoms with Crippen LogP contribution in [0.5, 0.6) is 0 Å². The molecule has 5 rings (SSSR count). The van der Waals surface area contributed by atoms with Gasteiger partial charge in [-0.1, -0.05) is 29.8 Å². The van der Waals surface area contributed by atoms with Crippen molar-refractivity contribution in [2.75, 3.05) is 13.1 Å². The largest absolute Gasteiger partial charge is 0.347 e. The van der Waals surface area contributed by atoms with Gasteiger partial charge in [-0.15, -0.1) is 11.3 Å². The fraction of sp³-hybridized carbons (Fsp3) is 0.190. The van der Waals surface area contributed by atoms with Crippen molar-refractivity contribution in [3.8, 4) is 0 Å². The van der Waals surface area contributed by atoms with E-state index in [2.05, 4.69) is 5.32 Å². The topological polar surface area (TPSA) is 73.1 Å². The summed E-state index contributed by atoms with van der Waals surface area (Å²) in [6.45, 7) is 3.13. The molecule has 0 fully saturated rings. The molecule has 4 aromatic rings. The maximum Gasteiger partial charge on any atom is 0.347 e. The second kappa shape index (κ2) is 7.09. The van der Waals surface area contributed by atoms with Gasteiger partial charge in [0, 0.05) is 34.9 Å². The monoisotopic (exact) mass is 459 g/mol. The van der Waals surface area contributed by atoms with Gasteiger partial charge in [0.2, 0.25) is 0 Å². The number of imidazole rings is 1. The Morgan fingerprint density at radius 2 is 1.90 bits per heavy atom. The van der Waals surface area contributed by atoms with Crippen LogP contribution in [-0.2, 0) is 10.0 Å². The predicted molar refractivity (Wildman–Crippen MR) is 122 cm³/mol. The van der Waals surface area contributed by atoms with Crippen LogP contribution in [0.1, 0.15) is 12.0 Å². The van der Waals surface area contributed by atoms with Crippen molar-refractivity contribution >= 4 is 59.8 Å². The summed E-state index contributed by atoms with van der Waals surface area (Å²) in [6, 6.07) is 12.3. The van der Waals surface area contributed by atoms with Crippen LogP contribution in [0.3, 0.4) is 0 Å². The molecule has 3 heterocycles. The second-order valence-corrected chi connectivity index (χ2v) is 10.7. The van der Waals surface area contributed by atoms with Gasteiger partial charge in [0.05, 0.1) is 11.0 Å². The summed E-state index contributed by atoms with van der Waals surface area (Å²) >= 11 is 7.27. The summed E-state index contributed by atoms with van der Waals surface area (Å²) < 4.78 is 30.9. The zero-order valence-corrected chi connectivity index (χ0v) is 18.4. The third-order valence-corrected chi connectivity index (χ3v) is 9.16. The molecular weight excluding hydrogens is 442 g/mol. The number of nitrogens with one attached hydrogen (secondary N) is 1. The van der Waals surface area contributed by atoms with Crippen molar-refractivity contribution in [3.63, 3.8) is 0 Å². The molecule has 0 radical (unpaired) electrons. The van der Waals surface area contributed by atoms with Crippen LogP contribution in [0.25, 0.3) is 26.8 Å². The number of hydrogen-bond donors (Lipinski definition) is 1. The van der Waals surface area contributed by atoms with Gasteiger partial charge < -0.3 is 5.32 Å². The van der Waals surface area contributed by atoms with Crippen molar-refractivity contribution in [2.45, 2.75) is 17.6 Å². The highest BCUT2D eigenvalue weighted by Gasteiger charge is 2.30. The van der Waals surface area contributed by atoms with E-state index in [1.54, 1.807) is 43.3 Å². The van der Waals surface area contributed by atoms with E-state index in [-0.39, 0.29) is 4.21 Å². The zero-order valence-electron chi connectivity index (χ0n) is 16.1. The minimum Gasteiger partial charge on any atom is -0.313 e. The van der Waals surface area contributed by atoms with E-state index in [0.29, 0.717) is 34.6 Å². The van der Waals surface area contributed by atoms with E-state index in [9.17, 15) is 13.2 Å². The van der Waals surface area contributed by atoms with Gasteiger partial charge in [-0.3, -0.25) is 4.57 Å². The Morgan fingerprint density at radius 3 is 2.63 bits per heavy atom. The number of benzene rings is 2. The van der Waals surface area contributed by atoms with Crippen LogP contribution in [0, 0.1) is 6.92 Å². The van der Waals surface area contributed by atoms with Crippen LogP contribution in [-0.4, -0.2) is 30.0 Å². The normalized spacial score (nSPS) is 15.1. The quantitative estimate of drug-likeness (QED) is 0.501. The number of halogens is 1. The van der Waals surface area contributed by atoms with Gasteiger partial charge in [0.15, 0.2) is 0 Å². The fourth-order valence-corrected chi connectivity index (χ4v) is 7.32. The Bertz CT molecular complexity index is 1510. The number of rotatable bonds is 3. The maximum absolute atomic E-state index is 13.7. The number of aromatic nitrogens is 2. The molecule has 154 valence electrons. The molecule has 6 nitrogen and oxygen atoms in total. The average molecular weight is 460 g/mol. The van der Waals surface area contributed by atoms with Crippen LogP contribution >= 0.6 is 22.9 Å². The first-order valence-corrected chi connectivity index (χ1v) is 12.1. The molecule has 30 heavy (non-hydrogen) atoms. The summed E-state index contributed by atoms with van der Waals surface area (Å²) in [4.78, 5) is 13.5. The van der Waals surface area contributed by atoms with E-state index in [4.69, 9.17) is 11.6 Å². The van der Waals surface area contributed by atoms with Crippen LogP contribution in [0.15, 0.2) is 57.5 Å². The molecule has 1 N–H and O–H groups in total. The number of para-hydroxylation sites is 2. The molecule has 0 atom stereocenters. The minimum absolute atomic E-state index is 0.157. The Morgan fingerprint density at radius 1 is 1.13 bits per heavy atom. The van der Waals surface area contributed by atoms with Gasteiger partial charge in [0.1, 0.15) is 4.21 Å². The van der Waals surface area contributed by atoms with Crippen LogP contribution in [0.4, 0.5) is 0 Å². The molecule has 0 unspecified atom stereocenters. The van der Waals surface area contributed by atoms with Gasteiger partial charge in [-0.05, 0) is 48.2 Å². The highest BCUT2D eigenvalue weighted by Crippen LogP contribution is 2.37. The summed E-state index contributed by atoms with van der Waals surface area (Å²) in [5, 5.41) is 4.54. The summed E-state index contributed by atoms with van der Waals surface area (Å²) in [7, 11) is -4.10. The molecule has 2 aromatic heterocycles. The van der Waals surface area contributed by atoms with Crippen LogP contribution in [0.2, 0.25) is 5.02 Å². The Hall–Kier alpha value is -2.39. The first kappa shape index (κ1) is 19.6. The Balaban J connectivity index is 1.82. The van der Waals surface area contributed by atoms with E-state index >= 15 is 0 Å². The standard InChI is InChI=1S/C21H18ClN3O3S2/c1-13-16-12-14(22)6-7-19(16)29-20(13)30(27,28)25-18-5-3-2-4-17(18)24(21(25)26)15-8-10-23-11-9-15/h2-8,12,23H,9-11H2,1H3. The Kier molecular flexibility index (Phi) is 4.62. The molecule has 0 amide bonds. The highest BCUT2D eigenvalue weighted by atomic mass is 35.5. The average Bonchev–Trinajstić information content (AvgIpc) is 3.23. The van der Waals surface area contributed by atoms with Crippen molar-refractivity contribution in [1.82, 2.24) is 13.9 Å². The number of fused-ring (bicyclic) bond motifs is 2. The first-order valence-electron chi connectivity index (χ1n) is 9.46. The first-order chi connectivity index (χ1) is 14.4. The molecule has 0 saturated heterocycles. The molecule has 1 aliphatic rings. The molecule has 9 heteroatoms. The summed E-state index contributed by atoms with van der Waals surface area (Å²) in [5.74, 6) is 0. The summed E-state index contributed by atoms with van der Waals surface area (Å²) in [6.07, 6.45) is 2.58. The third-order valence-electron chi connectivity index (χ3n) is 5.36. The van der Waals surface area contributed by atoms with Crippen molar-refractivity contribution in [3.05, 3.63) is 69.6 Å². The molecule has 0 aliphatic carbocycles. The molecule has 0 saturated carbocycles. The third kappa shape index (κ3) is 2.86.